The predicted octanol–water partition coefficient (Wildman–Crippen LogP) is 2.43. The van der Waals surface area contributed by atoms with Gasteiger partial charge < -0.3 is 5.11 Å². The zero-order valence-electron chi connectivity index (χ0n) is 9.09. The molecule has 0 amide bonds. The van der Waals surface area contributed by atoms with Crippen molar-refractivity contribution in [2.75, 3.05) is 0 Å². The molecule has 0 saturated carbocycles. The fourth-order valence-electron chi connectivity index (χ4n) is 1.28. The van der Waals surface area contributed by atoms with Gasteiger partial charge in [0.2, 0.25) is 10.0 Å². The first-order chi connectivity index (χ1) is 8.51. The third-order valence-electron chi connectivity index (χ3n) is 2.16. The van der Waals surface area contributed by atoms with E-state index < -0.39 is 10.0 Å². The summed E-state index contributed by atoms with van der Waals surface area (Å²) in [7, 11) is -3.53. The van der Waals surface area contributed by atoms with Gasteiger partial charge >= 0.3 is 0 Å². The minimum Gasteiger partial charge on any atom is -0.391 e. The number of halogens is 1. The highest BCUT2D eigenvalue weighted by Gasteiger charge is 2.16. The van der Waals surface area contributed by atoms with Gasteiger partial charge in [0.05, 0.1) is 15.8 Å². The summed E-state index contributed by atoms with van der Waals surface area (Å²) in [6.07, 6.45) is 0. The molecular weight excluding hydrogens is 314 g/mol. The van der Waals surface area contributed by atoms with Crippen molar-refractivity contribution in [2.24, 2.45) is 0 Å². The number of nitrogens with one attached hydrogen (secondary N) is 1. The SMILES string of the molecule is O=S(=O)(NCc1ccc(Cl)s1)c1csc(CO)c1. The van der Waals surface area contributed by atoms with E-state index in [4.69, 9.17) is 16.7 Å². The van der Waals surface area contributed by atoms with E-state index in [0.717, 1.165) is 4.88 Å². The molecule has 0 radical (unpaired) electrons. The minimum atomic E-state index is -3.53. The molecule has 0 saturated heterocycles. The lowest BCUT2D eigenvalue weighted by Gasteiger charge is -2.02. The van der Waals surface area contributed by atoms with Crippen LogP contribution in [-0.4, -0.2) is 13.5 Å². The van der Waals surface area contributed by atoms with Crippen LogP contribution in [0.3, 0.4) is 0 Å². The highest BCUT2D eigenvalue weighted by atomic mass is 35.5. The molecule has 2 N–H and O–H groups in total. The van der Waals surface area contributed by atoms with E-state index in [1.54, 1.807) is 12.1 Å². The Bertz CT molecular complexity index is 632. The lowest BCUT2D eigenvalue weighted by molar-refractivity contribution is 0.285. The molecule has 18 heavy (non-hydrogen) atoms. The Labute approximate surface area is 118 Å². The summed E-state index contributed by atoms with van der Waals surface area (Å²) in [6.45, 7) is 0.0603. The van der Waals surface area contributed by atoms with Crippen molar-refractivity contribution in [2.45, 2.75) is 18.0 Å². The van der Waals surface area contributed by atoms with Crippen LogP contribution in [0, 0.1) is 0 Å². The molecule has 0 bridgehead atoms. The first kappa shape index (κ1) is 14.0. The third kappa shape index (κ3) is 3.31. The Kier molecular flexibility index (Phi) is 4.41. The molecular formula is C10H10ClNO3S3. The number of sulfonamides is 1. The summed E-state index contributed by atoms with van der Waals surface area (Å²) in [5.41, 5.74) is 0. The van der Waals surface area contributed by atoms with Crippen molar-refractivity contribution in [3.05, 3.63) is 37.7 Å². The number of hydrogen-bond donors (Lipinski definition) is 2. The maximum atomic E-state index is 11.9. The normalized spacial score (nSPS) is 11.9. The first-order valence-corrected chi connectivity index (χ1v) is 8.49. The highest BCUT2D eigenvalue weighted by molar-refractivity contribution is 7.89. The van der Waals surface area contributed by atoms with Crippen molar-refractivity contribution < 1.29 is 13.5 Å². The van der Waals surface area contributed by atoms with Crippen molar-refractivity contribution in [3.8, 4) is 0 Å². The average molecular weight is 324 g/mol. The van der Waals surface area contributed by atoms with Crippen LogP contribution in [0.25, 0.3) is 0 Å². The van der Waals surface area contributed by atoms with Gasteiger partial charge in [0.25, 0.3) is 0 Å². The van der Waals surface area contributed by atoms with Crippen molar-refractivity contribution >= 4 is 44.3 Å². The van der Waals surface area contributed by atoms with Gasteiger partial charge in [-0.1, -0.05) is 11.6 Å². The maximum absolute atomic E-state index is 11.9. The number of thiophene rings is 2. The van der Waals surface area contributed by atoms with Crippen molar-refractivity contribution in [3.63, 3.8) is 0 Å². The smallest absolute Gasteiger partial charge is 0.241 e. The molecule has 0 spiro atoms. The molecule has 2 heterocycles. The van der Waals surface area contributed by atoms with Crippen LogP contribution in [0.5, 0.6) is 0 Å². The van der Waals surface area contributed by atoms with Gasteiger partial charge in [-0.3, -0.25) is 0 Å². The number of aliphatic hydroxyl groups is 1. The summed E-state index contributed by atoms with van der Waals surface area (Å²) in [4.78, 5) is 1.65. The molecule has 0 aromatic carbocycles. The number of aliphatic hydroxyl groups excluding tert-OH is 1. The van der Waals surface area contributed by atoms with Crippen LogP contribution in [0.4, 0.5) is 0 Å². The lowest BCUT2D eigenvalue weighted by atomic mass is 10.5. The van der Waals surface area contributed by atoms with Crippen LogP contribution >= 0.6 is 34.3 Å². The second-order valence-electron chi connectivity index (χ2n) is 3.44. The molecule has 0 unspecified atom stereocenters. The molecule has 0 atom stereocenters. The Morgan fingerprint density at radius 2 is 2.11 bits per heavy atom. The minimum absolute atomic E-state index is 0.152. The van der Waals surface area contributed by atoms with Crippen LogP contribution in [0.2, 0.25) is 4.34 Å². The molecule has 4 nitrogen and oxygen atoms in total. The maximum Gasteiger partial charge on any atom is 0.241 e. The van der Waals surface area contributed by atoms with E-state index in [0.29, 0.717) is 9.21 Å². The fraction of sp³-hybridized carbons (Fsp3) is 0.200. The molecule has 2 rings (SSSR count). The molecule has 98 valence electrons. The molecule has 2 aromatic rings. The first-order valence-electron chi connectivity index (χ1n) is 4.93. The highest BCUT2D eigenvalue weighted by Crippen LogP contribution is 2.23. The van der Waals surface area contributed by atoms with Gasteiger partial charge in [0, 0.05) is 21.7 Å². The summed E-state index contributed by atoms with van der Waals surface area (Å²) < 4.78 is 27.0. The summed E-state index contributed by atoms with van der Waals surface area (Å²) in [5, 5.41) is 10.4. The standard InChI is InChI=1S/C10H10ClNO3S3/c11-10-2-1-7(17-10)4-12-18(14,15)9-3-8(5-13)16-6-9/h1-3,6,12-13H,4-5H2. The van der Waals surface area contributed by atoms with Gasteiger partial charge in [-0.15, -0.1) is 22.7 Å². The van der Waals surface area contributed by atoms with E-state index in [1.807, 2.05) is 0 Å². The number of rotatable bonds is 5. The van der Waals surface area contributed by atoms with E-state index in [2.05, 4.69) is 4.72 Å². The Balaban J connectivity index is 2.07. The third-order valence-corrected chi connectivity index (χ3v) is 5.84. The topological polar surface area (TPSA) is 66.4 Å². The molecule has 2 aromatic heterocycles. The second kappa shape index (κ2) is 5.68. The van der Waals surface area contributed by atoms with Crippen LogP contribution in [0.1, 0.15) is 9.75 Å². The van der Waals surface area contributed by atoms with Crippen molar-refractivity contribution in [1.82, 2.24) is 4.72 Å². The van der Waals surface area contributed by atoms with Crippen LogP contribution in [-0.2, 0) is 23.2 Å². The van der Waals surface area contributed by atoms with Gasteiger partial charge in [-0.05, 0) is 18.2 Å². The van der Waals surface area contributed by atoms with Gasteiger partial charge in [0.1, 0.15) is 0 Å². The quantitative estimate of drug-likeness (QED) is 0.888. The molecule has 0 aliphatic carbocycles. The van der Waals surface area contributed by atoms with E-state index in [1.165, 1.54) is 34.1 Å². The van der Waals surface area contributed by atoms with E-state index >= 15 is 0 Å². The van der Waals surface area contributed by atoms with Gasteiger partial charge in [-0.25, -0.2) is 13.1 Å². The summed E-state index contributed by atoms with van der Waals surface area (Å²) in [5.74, 6) is 0. The van der Waals surface area contributed by atoms with Crippen molar-refractivity contribution in [1.29, 1.82) is 0 Å². The van der Waals surface area contributed by atoms with E-state index in [-0.39, 0.29) is 18.0 Å². The van der Waals surface area contributed by atoms with E-state index in [9.17, 15) is 8.42 Å². The van der Waals surface area contributed by atoms with Gasteiger partial charge in [-0.2, -0.15) is 0 Å². The molecule has 0 aliphatic heterocycles. The van der Waals surface area contributed by atoms with Crippen LogP contribution in [0.15, 0.2) is 28.5 Å². The summed E-state index contributed by atoms with van der Waals surface area (Å²) >= 11 is 8.31. The summed E-state index contributed by atoms with van der Waals surface area (Å²) in [6, 6.07) is 4.97. The average Bonchev–Trinajstić information content (AvgIpc) is 2.95. The van der Waals surface area contributed by atoms with Gasteiger partial charge in [0.15, 0.2) is 0 Å². The lowest BCUT2D eigenvalue weighted by Crippen LogP contribution is -2.22. The largest absolute Gasteiger partial charge is 0.391 e. The zero-order valence-corrected chi connectivity index (χ0v) is 12.3. The molecule has 8 heteroatoms. The fourth-order valence-corrected chi connectivity index (χ4v) is 4.54. The molecule has 0 fully saturated rings. The van der Waals surface area contributed by atoms with Crippen LogP contribution < -0.4 is 4.72 Å². The zero-order chi connectivity index (χ0) is 13.2. The second-order valence-corrected chi connectivity index (χ2v) is 8.00. The predicted molar refractivity (Wildman–Crippen MR) is 73.6 cm³/mol. The Morgan fingerprint density at radius 1 is 1.33 bits per heavy atom. The number of hydrogen-bond acceptors (Lipinski definition) is 5. The Morgan fingerprint density at radius 3 is 2.67 bits per heavy atom. The Hall–Kier alpha value is -0.440. The molecule has 0 aliphatic rings. The monoisotopic (exact) mass is 323 g/mol.